The van der Waals surface area contributed by atoms with Crippen LogP contribution in [0.1, 0.15) is 24.2 Å². The molecule has 1 aliphatic rings. The Labute approximate surface area is 139 Å². The summed E-state index contributed by atoms with van der Waals surface area (Å²) >= 11 is 1.51. The van der Waals surface area contributed by atoms with Crippen molar-refractivity contribution in [1.29, 1.82) is 0 Å². The van der Waals surface area contributed by atoms with Crippen molar-refractivity contribution in [3.8, 4) is 0 Å². The van der Waals surface area contributed by atoms with E-state index in [1.165, 1.54) is 11.8 Å². The molecule has 1 heterocycles. The lowest BCUT2D eigenvalue weighted by atomic mass is 10.1. The summed E-state index contributed by atoms with van der Waals surface area (Å²) in [5, 5.41) is 2.76. The monoisotopic (exact) mass is 326 g/mol. The molecule has 2 amide bonds. The van der Waals surface area contributed by atoms with Gasteiger partial charge in [-0.3, -0.25) is 9.59 Å². The van der Waals surface area contributed by atoms with Gasteiger partial charge in [-0.15, -0.1) is 11.8 Å². The fraction of sp³-hybridized carbons (Fsp3) is 0.222. The zero-order valence-electron chi connectivity index (χ0n) is 13.1. The van der Waals surface area contributed by atoms with Gasteiger partial charge in [-0.25, -0.2) is 0 Å². The van der Waals surface area contributed by atoms with Gasteiger partial charge in [-0.1, -0.05) is 18.2 Å². The quantitative estimate of drug-likeness (QED) is 0.933. The molecule has 1 atom stereocenters. The van der Waals surface area contributed by atoms with E-state index in [2.05, 4.69) is 5.32 Å². The van der Waals surface area contributed by atoms with Crippen molar-refractivity contribution in [2.24, 2.45) is 0 Å². The van der Waals surface area contributed by atoms with Gasteiger partial charge in [-0.05, 0) is 44.2 Å². The Kier molecular flexibility index (Phi) is 4.39. The zero-order chi connectivity index (χ0) is 16.4. The van der Waals surface area contributed by atoms with Crippen LogP contribution in [0.15, 0.2) is 53.4 Å². The summed E-state index contributed by atoms with van der Waals surface area (Å²) in [5.41, 5.74) is 2.16. The van der Waals surface area contributed by atoms with Gasteiger partial charge < -0.3 is 10.2 Å². The number of amides is 2. The molecule has 1 aliphatic heterocycles. The van der Waals surface area contributed by atoms with Crippen LogP contribution in [0.3, 0.4) is 0 Å². The van der Waals surface area contributed by atoms with Crippen LogP contribution in [0.2, 0.25) is 0 Å². The Bertz CT molecular complexity index is 746. The zero-order valence-corrected chi connectivity index (χ0v) is 13.9. The molecule has 0 aliphatic carbocycles. The van der Waals surface area contributed by atoms with E-state index < -0.39 is 0 Å². The number of hydrogen-bond donors (Lipinski definition) is 1. The Balaban J connectivity index is 1.91. The summed E-state index contributed by atoms with van der Waals surface area (Å²) in [6, 6.07) is 15.1. The van der Waals surface area contributed by atoms with Crippen LogP contribution >= 0.6 is 11.8 Å². The number of rotatable bonds is 3. The van der Waals surface area contributed by atoms with Gasteiger partial charge >= 0.3 is 0 Å². The lowest BCUT2D eigenvalue weighted by Gasteiger charge is -2.24. The molecule has 0 spiro atoms. The summed E-state index contributed by atoms with van der Waals surface area (Å²) in [6.45, 7) is 4.40. The van der Waals surface area contributed by atoms with Gasteiger partial charge in [0.15, 0.2) is 0 Å². The number of nitrogens with zero attached hydrogens (tertiary/aromatic N) is 1. The number of nitrogens with one attached hydrogen (secondary N) is 1. The Morgan fingerprint density at radius 2 is 1.96 bits per heavy atom. The minimum absolute atomic E-state index is 0.0255. The van der Waals surface area contributed by atoms with Gasteiger partial charge in [0, 0.05) is 22.7 Å². The number of thioether (sulfide) groups is 1. The normalized spacial score (nSPS) is 16.4. The number of benzene rings is 2. The average molecular weight is 326 g/mol. The van der Waals surface area contributed by atoms with Crippen LogP contribution in [0.4, 0.5) is 11.4 Å². The van der Waals surface area contributed by atoms with Crippen molar-refractivity contribution in [3.63, 3.8) is 0 Å². The lowest BCUT2D eigenvalue weighted by Crippen LogP contribution is -2.31. The highest BCUT2D eigenvalue weighted by Crippen LogP contribution is 2.36. The average Bonchev–Trinajstić information content (AvgIpc) is 2.57. The summed E-state index contributed by atoms with van der Waals surface area (Å²) in [7, 11) is 0. The maximum Gasteiger partial charge on any atom is 0.258 e. The first-order valence-electron chi connectivity index (χ1n) is 7.58. The van der Waals surface area contributed by atoms with Crippen LogP contribution in [0.25, 0.3) is 0 Å². The Morgan fingerprint density at radius 3 is 2.65 bits per heavy atom. The van der Waals surface area contributed by atoms with Crippen LogP contribution < -0.4 is 10.2 Å². The summed E-state index contributed by atoms with van der Waals surface area (Å²) < 4.78 is 0. The van der Waals surface area contributed by atoms with Crippen molar-refractivity contribution in [1.82, 2.24) is 0 Å². The van der Waals surface area contributed by atoms with Crippen molar-refractivity contribution >= 4 is 35.0 Å². The van der Waals surface area contributed by atoms with Crippen LogP contribution in [0, 0.1) is 0 Å². The molecule has 0 saturated heterocycles. The standard InChI is InChI=1S/C18H18N2O2S/c1-3-20(14-7-5-4-6-8-14)18(22)13-9-10-16-15(11-13)19-17(21)12(2)23-16/h4-12H,3H2,1-2H3,(H,19,21). The molecular formula is C18H18N2O2S. The molecule has 3 rings (SSSR count). The molecule has 1 N–H and O–H groups in total. The van der Waals surface area contributed by atoms with Crippen molar-refractivity contribution in [3.05, 3.63) is 54.1 Å². The molecule has 0 fully saturated rings. The number of fused-ring (bicyclic) bond motifs is 1. The number of hydrogen-bond acceptors (Lipinski definition) is 3. The predicted molar refractivity (Wildman–Crippen MR) is 94.2 cm³/mol. The summed E-state index contributed by atoms with van der Waals surface area (Å²) in [6.07, 6.45) is 0. The Morgan fingerprint density at radius 1 is 1.22 bits per heavy atom. The third kappa shape index (κ3) is 3.10. The minimum atomic E-state index is -0.111. The van der Waals surface area contributed by atoms with E-state index in [-0.39, 0.29) is 17.1 Å². The molecule has 5 heteroatoms. The molecule has 4 nitrogen and oxygen atoms in total. The number of para-hydroxylation sites is 1. The minimum Gasteiger partial charge on any atom is -0.324 e. The van der Waals surface area contributed by atoms with Crippen LogP contribution in [-0.4, -0.2) is 23.6 Å². The highest BCUT2D eigenvalue weighted by molar-refractivity contribution is 8.00. The second kappa shape index (κ2) is 6.46. The maximum absolute atomic E-state index is 12.8. The lowest BCUT2D eigenvalue weighted by molar-refractivity contribution is -0.115. The van der Waals surface area contributed by atoms with Crippen molar-refractivity contribution in [2.45, 2.75) is 24.0 Å². The molecular weight excluding hydrogens is 308 g/mol. The second-order valence-electron chi connectivity index (χ2n) is 5.35. The van der Waals surface area contributed by atoms with Gasteiger partial charge in [0.05, 0.1) is 10.9 Å². The van der Waals surface area contributed by atoms with Gasteiger partial charge in [0.2, 0.25) is 5.91 Å². The van der Waals surface area contributed by atoms with Crippen LogP contribution in [0.5, 0.6) is 0 Å². The van der Waals surface area contributed by atoms with Crippen molar-refractivity contribution < 1.29 is 9.59 Å². The molecule has 2 aromatic carbocycles. The van der Waals surface area contributed by atoms with Gasteiger partial charge in [-0.2, -0.15) is 0 Å². The van der Waals surface area contributed by atoms with Crippen molar-refractivity contribution in [2.75, 3.05) is 16.8 Å². The highest BCUT2D eigenvalue weighted by atomic mass is 32.2. The molecule has 1 unspecified atom stereocenters. The fourth-order valence-corrected chi connectivity index (χ4v) is 3.48. The second-order valence-corrected chi connectivity index (χ2v) is 6.73. The first-order chi connectivity index (χ1) is 11.1. The number of carbonyl (C=O) groups excluding carboxylic acids is 2. The summed E-state index contributed by atoms with van der Waals surface area (Å²) in [4.78, 5) is 27.4. The van der Waals surface area contributed by atoms with E-state index in [4.69, 9.17) is 0 Å². The van der Waals surface area contributed by atoms with E-state index in [0.29, 0.717) is 17.8 Å². The first kappa shape index (κ1) is 15.6. The summed E-state index contributed by atoms with van der Waals surface area (Å²) in [5.74, 6) is -0.0955. The highest BCUT2D eigenvalue weighted by Gasteiger charge is 2.24. The molecule has 2 aromatic rings. The van der Waals surface area contributed by atoms with E-state index >= 15 is 0 Å². The molecule has 0 aromatic heterocycles. The molecule has 0 bridgehead atoms. The largest absolute Gasteiger partial charge is 0.324 e. The van der Waals surface area contributed by atoms with Gasteiger partial charge in [0.25, 0.3) is 5.91 Å². The smallest absolute Gasteiger partial charge is 0.258 e. The predicted octanol–water partition coefficient (Wildman–Crippen LogP) is 3.79. The number of carbonyl (C=O) groups is 2. The SMILES string of the molecule is CCN(C(=O)c1ccc2c(c1)NC(=O)C(C)S2)c1ccccc1. The van der Waals surface area contributed by atoms with Gasteiger partial charge in [0.1, 0.15) is 0 Å². The van der Waals surface area contributed by atoms with E-state index in [0.717, 1.165) is 10.6 Å². The van der Waals surface area contributed by atoms with E-state index in [1.54, 1.807) is 11.0 Å². The van der Waals surface area contributed by atoms with E-state index in [1.807, 2.05) is 56.3 Å². The molecule has 0 radical (unpaired) electrons. The first-order valence-corrected chi connectivity index (χ1v) is 8.46. The maximum atomic E-state index is 12.8. The molecule has 118 valence electrons. The topological polar surface area (TPSA) is 49.4 Å². The molecule has 0 saturated carbocycles. The third-order valence-corrected chi connectivity index (χ3v) is 4.96. The van der Waals surface area contributed by atoms with E-state index in [9.17, 15) is 9.59 Å². The van der Waals surface area contributed by atoms with Crippen LogP contribution in [-0.2, 0) is 4.79 Å². The Hall–Kier alpha value is -2.27. The fourth-order valence-electron chi connectivity index (χ4n) is 2.55. The number of anilines is 2. The third-order valence-electron chi connectivity index (χ3n) is 3.79. The molecule has 23 heavy (non-hydrogen) atoms.